The second-order valence-corrected chi connectivity index (χ2v) is 7.21. The maximum absolute atomic E-state index is 12.1. The molecule has 1 fully saturated rings. The molecule has 0 bridgehead atoms. The molecule has 1 aromatic heterocycles. The van der Waals surface area contributed by atoms with E-state index in [-0.39, 0.29) is 29.2 Å². The number of carbonyl (C=O) groups excluding carboxylic acids is 3. The molecular weight excluding hydrogens is 422 g/mol. The smallest absolute Gasteiger partial charge is 0.290 e. The number of aromatic nitrogens is 2. The van der Waals surface area contributed by atoms with Crippen molar-refractivity contribution in [3.05, 3.63) is 52.6 Å². The van der Waals surface area contributed by atoms with Crippen LogP contribution in [0.15, 0.2) is 41.3 Å². The summed E-state index contributed by atoms with van der Waals surface area (Å²) in [7, 11) is 1.56. The van der Waals surface area contributed by atoms with Crippen molar-refractivity contribution in [3.63, 3.8) is 0 Å². The lowest BCUT2D eigenvalue weighted by Gasteiger charge is -2.10. The van der Waals surface area contributed by atoms with Gasteiger partial charge in [-0.3, -0.25) is 19.7 Å². The van der Waals surface area contributed by atoms with Gasteiger partial charge in [0.05, 0.1) is 17.2 Å². The molecular formula is C20H21N5O5S. The highest BCUT2D eigenvalue weighted by atomic mass is 32.2. The lowest BCUT2D eigenvalue weighted by atomic mass is 10.2. The summed E-state index contributed by atoms with van der Waals surface area (Å²) in [6, 6.07) is 10.4. The second kappa shape index (κ2) is 11.1. The van der Waals surface area contributed by atoms with Gasteiger partial charge in [-0.05, 0) is 30.0 Å². The van der Waals surface area contributed by atoms with Crippen molar-refractivity contribution in [1.82, 2.24) is 20.6 Å². The molecule has 2 aromatic rings. The van der Waals surface area contributed by atoms with Gasteiger partial charge in [0.1, 0.15) is 6.61 Å². The Morgan fingerprint density at radius 2 is 1.97 bits per heavy atom. The van der Waals surface area contributed by atoms with Gasteiger partial charge in [0.25, 0.3) is 17.1 Å². The van der Waals surface area contributed by atoms with Gasteiger partial charge in [-0.2, -0.15) is 4.98 Å². The Labute approximate surface area is 182 Å². The maximum atomic E-state index is 12.1. The Morgan fingerprint density at radius 3 is 2.68 bits per heavy atom. The van der Waals surface area contributed by atoms with E-state index in [0.717, 1.165) is 11.8 Å². The van der Waals surface area contributed by atoms with E-state index in [9.17, 15) is 14.4 Å². The number of ether oxygens (including phenoxy) is 2. The van der Waals surface area contributed by atoms with Crippen LogP contribution < -0.4 is 20.7 Å². The first-order chi connectivity index (χ1) is 15.0. The molecule has 0 radical (unpaired) electrons. The topological polar surface area (TPSA) is 132 Å². The minimum Gasteiger partial charge on any atom is -0.475 e. The number of rotatable bonds is 10. The average molecular weight is 443 g/mol. The third-order valence-corrected chi connectivity index (χ3v) is 4.72. The minimum absolute atomic E-state index is 0.181. The minimum atomic E-state index is -0.478. The van der Waals surface area contributed by atoms with Crippen LogP contribution in [0.25, 0.3) is 6.08 Å². The van der Waals surface area contributed by atoms with Crippen LogP contribution in [-0.2, 0) is 9.53 Å². The largest absolute Gasteiger partial charge is 0.475 e. The molecule has 1 aliphatic rings. The third-order valence-electron chi connectivity index (χ3n) is 3.91. The zero-order chi connectivity index (χ0) is 22.1. The molecule has 1 aliphatic heterocycles. The molecule has 11 heteroatoms. The van der Waals surface area contributed by atoms with Crippen LogP contribution in [0.5, 0.6) is 5.88 Å². The van der Waals surface area contributed by atoms with Crippen LogP contribution in [0.2, 0.25) is 0 Å². The Kier molecular flexibility index (Phi) is 7.96. The zero-order valence-corrected chi connectivity index (χ0v) is 17.5. The van der Waals surface area contributed by atoms with E-state index in [4.69, 9.17) is 9.47 Å². The standard InChI is InChI=1S/C20H21N5O5S/c1-29-9-10-30-16-12-14(11-15-18(27)25-20(28)31-15)23-19(24-16)22-8-7-21-17(26)13-5-3-2-4-6-13/h2-6,11-12H,7-10H2,1H3,(H,21,26)(H,22,23,24)(H,25,27,28)/b15-11+. The van der Waals surface area contributed by atoms with Crippen molar-refractivity contribution >= 4 is 40.8 Å². The number of amides is 3. The van der Waals surface area contributed by atoms with Gasteiger partial charge >= 0.3 is 0 Å². The maximum Gasteiger partial charge on any atom is 0.290 e. The molecule has 2 heterocycles. The quantitative estimate of drug-likeness (QED) is 0.370. The summed E-state index contributed by atoms with van der Waals surface area (Å²) in [5.74, 6) is -0.122. The Balaban J connectivity index is 1.64. The van der Waals surface area contributed by atoms with Crippen molar-refractivity contribution in [1.29, 1.82) is 0 Å². The first-order valence-corrected chi connectivity index (χ1v) is 10.2. The summed E-state index contributed by atoms with van der Waals surface area (Å²) in [6.07, 6.45) is 1.48. The molecule has 1 aromatic carbocycles. The lowest BCUT2D eigenvalue weighted by molar-refractivity contribution is -0.115. The van der Waals surface area contributed by atoms with Gasteiger partial charge in [-0.15, -0.1) is 0 Å². The number of nitrogens with one attached hydrogen (secondary N) is 3. The number of hydrogen-bond donors (Lipinski definition) is 3. The Hall–Kier alpha value is -3.44. The first kappa shape index (κ1) is 22.2. The predicted octanol–water partition coefficient (Wildman–Crippen LogP) is 1.67. The Bertz CT molecular complexity index is 983. The van der Waals surface area contributed by atoms with Crippen molar-refractivity contribution in [2.75, 3.05) is 38.7 Å². The van der Waals surface area contributed by atoms with Crippen molar-refractivity contribution < 1.29 is 23.9 Å². The van der Waals surface area contributed by atoms with Crippen molar-refractivity contribution in [3.8, 4) is 5.88 Å². The van der Waals surface area contributed by atoms with E-state index in [1.807, 2.05) is 6.07 Å². The fraction of sp³-hybridized carbons (Fsp3) is 0.250. The summed E-state index contributed by atoms with van der Waals surface area (Å²) in [5.41, 5.74) is 0.966. The molecule has 0 atom stereocenters. The summed E-state index contributed by atoms with van der Waals surface area (Å²) in [5, 5.41) is 7.57. The Morgan fingerprint density at radius 1 is 1.16 bits per heavy atom. The van der Waals surface area contributed by atoms with E-state index >= 15 is 0 Å². The van der Waals surface area contributed by atoms with Crippen molar-refractivity contribution in [2.45, 2.75) is 0 Å². The van der Waals surface area contributed by atoms with Crippen LogP contribution in [0.1, 0.15) is 16.1 Å². The molecule has 10 nitrogen and oxygen atoms in total. The van der Waals surface area contributed by atoms with E-state index < -0.39 is 11.1 Å². The lowest BCUT2D eigenvalue weighted by Crippen LogP contribution is -2.29. The number of imide groups is 1. The van der Waals surface area contributed by atoms with E-state index in [1.54, 1.807) is 37.4 Å². The molecule has 0 saturated carbocycles. The molecule has 31 heavy (non-hydrogen) atoms. The van der Waals surface area contributed by atoms with Gasteiger partial charge in [-0.25, -0.2) is 4.98 Å². The number of methoxy groups -OCH3 is 1. The fourth-order valence-electron chi connectivity index (χ4n) is 2.50. The zero-order valence-electron chi connectivity index (χ0n) is 16.7. The fourth-order valence-corrected chi connectivity index (χ4v) is 3.16. The molecule has 0 unspecified atom stereocenters. The summed E-state index contributed by atoms with van der Waals surface area (Å²) < 4.78 is 10.5. The number of hydrogen-bond acceptors (Lipinski definition) is 9. The molecule has 162 valence electrons. The van der Waals surface area contributed by atoms with Gasteiger partial charge in [0, 0.05) is 31.8 Å². The molecule has 3 rings (SSSR count). The van der Waals surface area contributed by atoms with E-state index in [2.05, 4.69) is 25.9 Å². The van der Waals surface area contributed by atoms with Gasteiger partial charge in [-0.1, -0.05) is 18.2 Å². The monoisotopic (exact) mass is 443 g/mol. The van der Waals surface area contributed by atoms with Crippen LogP contribution in [0.4, 0.5) is 10.7 Å². The summed E-state index contributed by atoms with van der Waals surface area (Å²) >= 11 is 0.797. The molecule has 0 spiro atoms. The summed E-state index contributed by atoms with van der Waals surface area (Å²) in [4.78, 5) is 44.1. The van der Waals surface area contributed by atoms with Crippen LogP contribution in [0.3, 0.4) is 0 Å². The van der Waals surface area contributed by atoms with Crippen LogP contribution >= 0.6 is 11.8 Å². The van der Waals surface area contributed by atoms with Crippen molar-refractivity contribution in [2.24, 2.45) is 0 Å². The number of nitrogens with zero attached hydrogens (tertiary/aromatic N) is 2. The number of anilines is 1. The van der Waals surface area contributed by atoms with Gasteiger partial charge < -0.3 is 20.1 Å². The van der Waals surface area contributed by atoms with Crippen LogP contribution in [-0.4, -0.2) is 60.4 Å². The molecule has 0 aliphatic carbocycles. The van der Waals surface area contributed by atoms with Crippen LogP contribution in [0, 0.1) is 0 Å². The normalized spacial score (nSPS) is 14.4. The second-order valence-electron chi connectivity index (χ2n) is 6.20. The number of carbonyl (C=O) groups is 3. The van der Waals surface area contributed by atoms with E-state index in [0.29, 0.717) is 31.0 Å². The molecule has 3 amide bonds. The predicted molar refractivity (Wildman–Crippen MR) is 116 cm³/mol. The average Bonchev–Trinajstić information content (AvgIpc) is 3.08. The highest BCUT2D eigenvalue weighted by Crippen LogP contribution is 2.26. The van der Waals surface area contributed by atoms with E-state index in [1.165, 1.54) is 6.08 Å². The van der Waals surface area contributed by atoms with Gasteiger partial charge in [0.2, 0.25) is 11.8 Å². The molecule has 3 N–H and O–H groups in total. The number of thioether (sulfide) groups is 1. The van der Waals surface area contributed by atoms with Gasteiger partial charge in [0.15, 0.2) is 0 Å². The highest BCUT2D eigenvalue weighted by Gasteiger charge is 2.25. The number of benzene rings is 1. The first-order valence-electron chi connectivity index (χ1n) is 9.38. The highest BCUT2D eigenvalue weighted by molar-refractivity contribution is 8.18. The SMILES string of the molecule is COCCOc1cc(/C=C2/SC(=O)NC2=O)nc(NCCNC(=O)c2ccccc2)n1. The third kappa shape index (κ3) is 6.79. The molecule has 1 saturated heterocycles. The summed E-state index contributed by atoms with van der Waals surface area (Å²) in [6.45, 7) is 1.37.